The number of furan rings is 1. The van der Waals surface area contributed by atoms with Gasteiger partial charge in [-0.2, -0.15) is 0 Å². The second-order valence-electron chi connectivity index (χ2n) is 2.90. The predicted octanol–water partition coefficient (Wildman–Crippen LogP) is 2.64. The van der Waals surface area contributed by atoms with Crippen molar-refractivity contribution in [1.82, 2.24) is 0 Å². The molecule has 0 atom stereocenters. The van der Waals surface area contributed by atoms with E-state index < -0.39 is 0 Å². The van der Waals surface area contributed by atoms with Gasteiger partial charge < -0.3 is 9.15 Å². The Kier molecular flexibility index (Phi) is 2.23. The molecule has 0 saturated carbocycles. The predicted molar refractivity (Wildman–Crippen MR) is 52.8 cm³/mol. The number of carbonyl (C=O) groups is 1. The fourth-order valence-corrected chi connectivity index (χ4v) is 1.36. The van der Waals surface area contributed by atoms with Gasteiger partial charge in [0.1, 0.15) is 11.3 Å². The molecule has 72 valence electrons. The van der Waals surface area contributed by atoms with E-state index in [-0.39, 0.29) is 0 Å². The molecule has 3 nitrogen and oxygen atoms in total. The lowest BCUT2D eigenvalue weighted by Gasteiger charge is -2.00. The second kappa shape index (κ2) is 3.54. The van der Waals surface area contributed by atoms with Crippen LogP contribution in [0.1, 0.15) is 17.5 Å². The molecule has 0 radical (unpaired) electrons. The van der Waals surface area contributed by atoms with Crippen LogP contribution in [0.4, 0.5) is 0 Å². The number of carbonyl (C=O) groups excluding carboxylic acids is 1. The lowest BCUT2D eigenvalue weighted by atomic mass is 10.2. The Labute approximate surface area is 81.3 Å². The quantitative estimate of drug-likeness (QED) is 0.698. The number of hydrogen-bond acceptors (Lipinski definition) is 3. The minimum atomic E-state index is 0.341. The maximum absolute atomic E-state index is 10.5. The van der Waals surface area contributed by atoms with Crippen molar-refractivity contribution < 1.29 is 13.9 Å². The first-order valence-corrected chi connectivity index (χ1v) is 4.45. The van der Waals surface area contributed by atoms with E-state index in [1.54, 1.807) is 12.1 Å². The fraction of sp³-hybridized carbons (Fsp3) is 0.182. The topological polar surface area (TPSA) is 39.4 Å². The molecule has 1 aromatic carbocycles. The van der Waals surface area contributed by atoms with Gasteiger partial charge in [0.05, 0.1) is 6.61 Å². The zero-order valence-corrected chi connectivity index (χ0v) is 7.82. The molecule has 0 unspecified atom stereocenters. The molecule has 0 bridgehead atoms. The van der Waals surface area contributed by atoms with Crippen molar-refractivity contribution in [1.29, 1.82) is 0 Å². The molecule has 1 aromatic heterocycles. The van der Waals surface area contributed by atoms with Gasteiger partial charge in [0.25, 0.3) is 0 Å². The molecule has 0 aliphatic rings. The average molecular weight is 190 g/mol. The van der Waals surface area contributed by atoms with Gasteiger partial charge in [-0.1, -0.05) is 0 Å². The second-order valence-corrected chi connectivity index (χ2v) is 2.90. The SMILES string of the molecule is CCOc1ccc2oc(C=O)cc2c1. The highest BCUT2D eigenvalue weighted by atomic mass is 16.5. The van der Waals surface area contributed by atoms with Crippen molar-refractivity contribution in [3.63, 3.8) is 0 Å². The third-order valence-corrected chi connectivity index (χ3v) is 1.93. The highest BCUT2D eigenvalue weighted by molar-refractivity contribution is 5.85. The van der Waals surface area contributed by atoms with Crippen LogP contribution in [0.5, 0.6) is 5.75 Å². The Bertz CT molecular complexity index is 457. The van der Waals surface area contributed by atoms with E-state index in [4.69, 9.17) is 9.15 Å². The van der Waals surface area contributed by atoms with Crippen LogP contribution in [0.25, 0.3) is 11.0 Å². The van der Waals surface area contributed by atoms with E-state index in [1.807, 2.05) is 19.1 Å². The average Bonchev–Trinajstić information content (AvgIpc) is 2.60. The molecular weight excluding hydrogens is 180 g/mol. The lowest BCUT2D eigenvalue weighted by molar-refractivity contribution is 0.110. The Morgan fingerprint density at radius 3 is 3.00 bits per heavy atom. The molecule has 3 heteroatoms. The van der Waals surface area contributed by atoms with E-state index in [9.17, 15) is 4.79 Å². The molecule has 0 aliphatic carbocycles. The van der Waals surface area contributed by atoms with Gasteiger partial charge in [-0.05, 0) is 31.2 Å². The Morgan fingerprint density at radius 1 is 1.43 bits per heavy atom. The van der Waals surface area contributed by atoms with Gasteiger partial charge in [0.2, 0.25) is 0 Å². The van der Waals surface area contributed by atoms with Crippen LogP contribution < -0.4 is 4.74 Å². The molecule has 0 spiro atoms. The Hall–Kier alpha value is -1.77. The molecule has 1 heterocycles. The van der Waals surface area contributed by atoms with Crippen molar-refractivity contribution in [3.8, 4) is 5.75 Å². The van der Waals surface area contributed by atoms with Crippen LogP contribution in [-0.2, 0) is 0 Å². The maximum atomic E-state index is 10.5. The summed E-state index contributed by atoms with van der Waals surface area (Å²) in [4.78, 5) is 10.5. The molecule has 2 rings (SSSR count). The van der Waals surface area contributed by atoms with E-state index in [0.29, 0.717) is 24.2 Å². The summed E-state index contributed by atoms with van der Waals surface area (Å²) in [5, 5.41) is 0.887. The minimum Gasteiger partial charge on any atom is -0.494 e. The molecule has 0 saturated heterocycles. The Balaban J connectivity index is 2.48. The van der Waals surface area contributed by atoms with Gasteiger partial charge in [-0.3, -0.25) is 4.79 Å². The van der Waals surface area contributed by atoms with E-state index in [0.717, 1.165) is 11.1 Å². The first-order chi connectivity index (χ1) is 6.83. The van der Waals surface area contributed by atoms with Gasteiger partial charge in [0, 0.05) is 5.39 Å². The largest absolute Gasteiger partial charge is 0.494 e. The van der Waals surface area contributed by atoms with Crippen molar-refractivity contribution in [2.75, 3.05) is 6.61 Å². The normalized spacial score (nSPS) is 10.4. The third-order valence-electron chi connectivity index (χ3n) is 1.93. The van der Waals surface area contributed by atoms with Crippen molar-refractivity contribution in [2.45, 2.75) is 6.92 Å². The summed E-state index contributed by atoms with van der Waals surface area (Å²) in [6.07, 6.45) is 0.695. The summed E-state index contributed by atoms with van der Waals surface area (Å²) >= 11 is 0. The first-order valence-electron chi connectivity index (χ1n) is 4.45. The third kappa shape index (κ3) is 1.48. The van der Waals surface area contributed by atoms with Crippen LogP contribution in [0.3, 0.4) is 0 Å². The van der Waals surface area contributed by atoms with Crippen molar-refractivity contribution >= 4 is 17.3 Å². The van der Waals surface area contributed by atoms with Crippen molar-refractivity contribution in [2.24, 2.45) is 0 Å². The number of hydrogen-bond donors (Lipinski definition) is 0. The van der Waals surface area contributed by atoms with Gasteiger partial charge in [-0.15, -0.1) is 0 Å². The van der Waals surface area contributed by atoms with E-state index in [2.05, 4.69) is 0 Å². The summed E-state index contributed by atoms with van der Waals surface area (Å²) in [6.45, 7) is 2.56. The van der Waals surface area contributed by atoms with Gasteiger partial charge in [0.15, 0.2) is 12.0 Å². The van der Waals surface area contributed by atoms with Crippen LogP contribution in [0, 0.1) is 0 Å². The zero-order valence-electron chi connectivity index (χ0n) is 7.82. The van der Waals surface area contributed by atoms with E-state index >= 15 is 0 Å². The highest BCUT2D eigenvalue weighted by Gasteiger charge is 2.03. The smallest absolute Gasteiger partial charge is 0.185 e. The summed E-state index contributed by atoms with van der Waals surface area (Å²) in [6, 6.07) is 7.18. The molecule has 0 fully saturated rings. The lowest BCUT2D eigenvalue weighted by Crippen LogP contribution is -1.89. The van der Waals surface area contributed by atoms with Crippen LogP contribution in [0.2, 0.25) is 0 Å². The summed E-state index contributed by atoms with van der Waals surface area (Å²) in [5.74, 6) is 1.13. The number of ether oxygens (including phenoxy) is 1. The highest BCUT2D eigenvalue weighted by Crippen LogP contribution is 2.23. The standard InChI is InChI=1S/C11H10O3/c1-2-13-9-3-4-11-8(5-9)6-10(7-12)14-11/h3-7H,2H2,1H3. The van der Waals surface area contributed by atoms with Gasteiger partial charge in [-0.25, -0.2) is 0 Å². The first kappa shape index (κ1) is 8.81. The molecule has 0 aliphatic heterocycles. The van der Waals surface area contributed by atoms with Crippen LogP contribution in [-0.4, -0.2) is 12.9 Å². The monoisotopic (exact) mass is 190 g/mol. The molecule has 2 aromatic rings. The summed E-state index contributed by atoms with van der Waals surface area (Å²) in [5.41, 5.74) is 0.704. The zero-order chi connectivity index (χ0) is 9.97. The fourth-order valence-electron chi connectivity index (χ4n) is 1.36. The molecular formula is C11H10O3. The Morgan fingerprint density at radius 2 is 2.29 bits per heavy atom. The molecule has 14 heavy (non-hydrogen) atoms. The molecule has 0 N–H and O–H groups in total. The van der Waals surface area contributed by atoms with Crippen LogP contribution in [0.15, 0.2) is 28.7 Å². The number of rotatable bonds is 3. The van der Waals surface area contributed by atoms with Crippen LogP contribution >= 0.6 is 0 Å². The number of benzene rings is 1. The minimum absolute atomic E-state index is 0.341. The molecule has 0 amide bonds. The maximum Gasteiger partial charge on any atom is 0.185 e. The van der Waals surface area contributed by atoms with Crippen molar-refractivity contribution in [3.05, 3.63) is 30.0 Å². The van der Waals surface area contributed by atoms with E-state index in [1.165, 1.54) is 0 Å². The van der Waals surface area contributed by atoms with Gasteiger partial charge >= 0.3 is 0 Å². The number of aldehydes is 1. The summed E-state index contributed by atoms with van der Waals surface area (Å²) < 4.78 is 10.6. The number of fused-ring (bicyclic) bond motifs is 1. The summed E-state index contributed by atoms with van der Waals surface area (Å²) in [7, 11) is 0.